The van der Waals surface area contributed by atoms with Crippen LogP contribution in [0.3, 0.4) is 0 Å². The lowest BCUT2D eigenvalue weighted by atomic mass is 9.71. The third-order valence-electron chi connectivity index (χ3n) is 24.6. The first-order valence-electron chi connectivity index (χ1n) is 42.9. The molecule has 21 aromatic carbocycles. The lowest BCUT2D eigenvalue weighted by molar-refractivity contribution is 0.0725. The number of carbonyl (C=O) groups is 3. The summed E-state index contributed by atoms with van der Waals surface area (Å²) in [4.78, 5) is 49.2. The lowest BCUT2D eigenvalue weighted by Crippen LogP contribution is -2.25. The molecule has 0 saturated heterocycles. The van der Waals surface area contributed by atoms with Crippen LogP contribution in [0.2, 0.25) is 0 Å². The van der Waals surface area contributed by atoms with E-state index in [1.165, 1.54) is 32.3 Å². The molecule has 0 saturated carbocycles. The van der Waals surface area contributed by atoms with Crippen molar-refractivity contribution in [1.82, 2.24) is 0 Å². The Hall–Kier alpha value is -17.0. The van der Waals surface area contributed by atoms with Crippen molar-refractivity contribution < 1.29 is 28.6 Å². The third-order valence-corrected chi connectivity index (χ3v) is 24.6. The minimum atomic E-state index is -0.870. The number of rotatable bonds is 21. The second-order valence-corrected chi connectivity index (χ2v) is 32.4. The summed E-state index contributed by atoms with van der Waals surface area (Å²) in [5, 5.41) is 14.0. The number of benzene rings is 21. The van der Waals surface area contributed by atoms with Gasteiger partial charge in [0.25, 0.3) is 0 Å². The summed E-state index contributed by atoms with van der Waals surface area (Å²) in [6.45, 7) is 2.11. The molecule has 0 atom stereocenters. The molecule has 21 rings (SSSR count). The third kappa shape index (κ3) is 15.9. The molecule has 9 nitrogen and oxygen atoms in total. The van der Waals surface area contributed by atoms with Gasteiger partial charge in [-0.2, -0.15) is 0 Å². The van der Waals surface area contributed by atoms with Crippen molar-refractivity contribution in [1.29, 1.82) is 0 Å². The summed E-state index contributed by atoms with van der Waals surface area (Å²) < 4.78 is 18.3. The molecule has 21 aromatic rings. The fourth-order valence-electron chi connectivity index (χ4n) is 17.6. The lowest BCUT2D eigenvalue weighted by Gasteiger charge is -2.32. The second kappa shape index (κ2) is 34.0. The van der Waals surface area contributed by atoms with Gasteiger partial charge in [-0.1, -0.05) is 291 Å². The van der Waals surface area contributed by atoms with Gasteiger partial charge in [-0.15, -0.1) is 0 Å². The Balaban J connectivity index is 0.521. The molecular weight excluding hydrogens is 1570 g/mol. The van der Waals surface area contributed by atoms with Gasteiger partial charge in [-0.25, -0.2) is 14.4 Å². The summed E-state index contributed by atoms with van der Waals surface area (Å²) in [7, 11) is 0. The van der Waals surface area contributed by atoms with E-state index in [4.69, 9.17) is 14.2 Å². The fourth-order valence-corrected chi connectivity index (χ4v) is 17.6. The molecule has 608 valence electrons. The van der Waals surface area contributed by atoms with Crippen LogP contribution < -0.4 is 28.9 Å². The number of carbonyl (C=O) groups excluding carboxylic acids is 3. The molecule has 9 heteroatoms. The van der Waals surface area contributed by atoms with Crippen LogP contribution >= 0.6 is 0 Å². The van der Waals surface area contributed by atoms with Gasteiger partial charge in [0.15, 0.2) is 0 Å². The maximum Gasteiger partial charge on any atom is 0.343 e. The molecule has 0 aliphatic heterocycles. The quantitative estimate of drug-likeness (QED) is 0.0396. The minimum Gasteiger partial charge on any atom is -0.423 e. The van der Waals surface area contributed by atoms with Gasteiger partial charge in [-0.05, 0) is 304 Å². The van der Waals surface area contributed by atoms with E-state index in [1.54, 1.807) is 72.8 Å². The molecule has 0 aliphatic carbocycles. The molecule has 0 bridgehead atoms. The number of esters is 3. The zero-order valence-corrected chi connectivity index (χ0v) is 69.8. The van der Waals surface area contributed by atoms with Gasteiger partial charge in [0.1, 0.15) is 17.2 Å². The van der Waals surface area contributed by atoms with Crippen molar-refractivity contribution in [2.45, 2.75) is 12.3 Å². The molecule has 0 radical (unpaired) electrons. The van der Waals surface area contributed by atoms with E-state index in [2.05, 4.69) is 349 Å². The van der Waals surface area contributed by atoms with Crippen molar-refractivity contribution >= 4 is 134 Å². The molecular formula is C119H81N3O6. The van der Waals surface area contributed by atoms with Crippen LogP contribution in [0.15, 0.2) is 473 Å². The van der Waals surface area contributed by atoms with Crippen molar-refractivity contribution in [3.8, 4) is 50.6 Å². The Morgan fingerprint density at radius 3 is 0.531 bits per heavy atom. The van der Waals surface area contributed by atoms with Crippen LogP contribution in [-0.4, -0.2) is 17.9 Å². The van der Waals surface area contributed by atoms with E-state index in [0.717, 1.165) is 134 Å². The van der Waals surface area contributed by atoms with E-state index >= 15 is 0 Å². The summed E-state index contributed by atoms with van der Waals surface area (Å²) in [5.74, 6) is -0.425. The monoisotopic (exact) mass is 1650 g/mol. The van der Waals surface area contributed by atoms with E-state index < -0.39 is 23.3 Å². The molecule has 0 spiro atoms. The van der Waals surface area contributed by atoms with Crippen molar-refractivity contribution in [3.63, 3.8) is 0 Å². The molecule has 0 heterocycles. The van der Waals surface area contributed by atoms with Gasteiger partial charge < -0.3 is 28.9 Å². The van der Waals surface area contributed by atoms with E-state index in [1.807, 2.05) is 72.8 Å². The largest absolute Gasteiger partial charge is 0.423 e. The molecule has 128 heavy (non-hydrogen) atoms. The van der Waals surface area contributed by atoms with E-state index in [0.29, 0.717) is 33.9 Å². The molecule has 0 aliphatic rings. The van der Waals surface area contributed by atoms with Gasteiger partial charge in [0.2, 0.25) is 0 Å². The summed E-state index contributed by atoms with van der Waals surface area (Å²) in [6, 6.07) is 160. The number of nitrogens with zero attached hydrogens (tertiary/aromatic N) is 3. The van der Waals surface area contributed by atoms with Crippen molar-refractivity contribution in [2.75, 3.05) is 14.7 Å². The summed E-state index contributed by atoms with van der Waals surface area (Å²) in [6.07, 6.45) is 0. The first-order valence-corrected chi connectivity index (χ1v) is 42.9. The Morgan fingerprint density at radius 2 is 0.344 bits per heavy atom. The first kappa shape index (κ1) is 78.3. The van der Waals surface area contributed by atoms with Gasteiger partial charge in [-0.3, -0.25) is 0 Å². The predicted molar refractivity (Wildman–Crippen MR) is 524 cm³/mol. The van der Waals surface area contributed by atoms with Crippen molar-refractivity contribution in [2.24, 2.45) is 0 Å². The topological polar surface area (TPSA) is 88.6 Å². The summed E-state index contributed by atoms with van der Waals surface area (Å²) in [5.41, 5.74) is 18.1. The maximum atomic E-state index is 14.1. The minimum absolute atomic E-state index is 0.360. The average Bonchev–Trinajstić information content (AvgIpc) is 0.760. The second-order valence-electron chi connectivity index (χ2n) is 32.4. The number of fused-ring (bicyclic) bond motifs is 6. The fraction of sp³-hybridized carbons (Fsp3) is 0.0168. The Labute approximate surface area is 741 Å². The Kier molecular flexibility index (Phi) is 20.8. The zero-order valence-electron chi connectivity index (χ0n) is 69.8. The molecule has 0 unspecified atom stereocenters. The normalized spacial score (nSPS) is 11.4. The number of anilines is 9. The van der Waals surface area contributed by atoms with Crippen LogP contribution in [-0.2, 0) is 5.41 Å². The van der Waals surface area contributed by atoms with Crippen molar-refractivity contribution in [3.05, 3.63) is 507 Å². The summed E-state index contributed by atoms with van der Waals surface area (Å²) >= 11 is 0. The highest BCUT2D eigenvalue weighted by atomic mass is 16.5. The average molecular weight is 1650 g/mol. The number of hydrogen-bond acceptors (Lipinski definition) is 9. The molecule has 0 aromatic heterocycles. The molecule has 0 amide bonds. The van der Waals surface area contributed by atoms with Crippen LogP contribution in [0, 0.1) is 0 Å². The highest BCUT2D eigenvalue weighted by Crippen LogP contribution is 2.46. The Bertz CT molecular complexity index is 6780. The van der Waals surface area contributed by atoms with Crippen LogP contribution in [0.4, 0.5) is 51.2 Å². The molecule has 0 N–H and O–H groups in total. The van der Waals surface area contributed by atoms with Gasteiger partial charge in [0, 0.05) is 56.6 Å². The van der Waals surface area contributed by atoms with Crippen LogP contribution in [0.5, 0.6) is 17.2 Å². The Morgan fingerprint density at radius 1 is 0.180 bits per heavy atom. The van der Waals surface area contributed by atoms with Crippen LogP contribution in [0.1, 0.15) is 54.7 Å². The van der Waals surface area contributed by atoms with Crippen LogP contribution in [0.25, 0.3) is 98.0 Å². The smallest absolute Gasteiger partial charge is 0.343 e. The first-order chi connectivity index (χ1) is 62.9. The number of ether oxygens (including phenoxy) is 3. The van der Waals surface area contributed by atoms with Gasteiger partial charge in [0.05, 0.1) is 16.7 Å². The van der Waals surface area contributed by atoms with Gasteiger partial charge >= 0.3 is 17.9 Å². The number of hydrogen-bond donors (Lipinski definition) is 0. The van der Waals surface area contributed by atoms with E-state index in [9.17, 15) is 14.4 Å². The maximum absolute atomic E-state index is 14.1. The highest BCUT2D eigenvalue weighted by Gasteiger charge is 2.33. The zero-order chi connectivity index (χ0) is 86.0. The highest BCUT2D eigenvalue weighted by molar-refractivity contribution is 5.99. The van der Waals surface area contributed by atoms with E-state index in [-0.39, 0.29) is 0 Å². The predicted octanol–water partition coefficient (Wildman–Crippen LogP) is 31.0. The standard InChI is InChI=1S/C119H81N3O6/c1-119(101-50-68-113(69-51-101)126-116(123)92-32-26-86(27-33-92)89-38-56-104(57-39-89)120(107-62-44-80-14-2-8-20-95(80)74-107)108-63-45-81-15-3-9-21-96(81)75-108,102-52-70-114(71-53-102)127-117(124)93-34-28-87(29-35-93)90-40-58-105(59-41-90)121(109-64-46-82-16-4-10-22-97(82)76-109)110-65-47-83-17-5-11-23-98(83)77-110)103-54-72-115(73-55-103)128-118(125)94-36-30-88(31-37-94)91-42-60-106(61-43-91)122(111-66-48-84-18-6-12-24-99(84)78-111)112-67-49-85-19-7-13-25-100(85)79-112/h2-79H,1H3. The SMILES string of the molecule is CC(c1ccc(OC(=O)c2ccc(-c3ccc(N(c4ccc5ccccc5c4)c4ccc5ccccc5c4)cc3)cc2)cc1)(c1ccc(OC(=O)c2ccc(-c3ccc(N(c4ccc5ccccc5c4)c4ccc5ccccc5c4)cc3)cc2)cc1)c1ccc(OC(=O)c2ccc(-c3ccc(N(c4ccc5ccccc5c4)c4ccc5ccccc5c4)cc3)cc2)cc1. The molecule has 0 fully saturated rings.